The normalized spacial score (nSPS) is 18.4. The number of carbonyl (C=O) groups is 3. The van der Waals surface area contributed by atoms with Crippen LogP contribution in [-0.4, -0.2) is 28.4 Å². The molecule has 2 aromatic carbocycles. The minimum absolute atomic E-state index is 0.0106. The number of amides is 1. The number of halogens is 4. The van der Waals surface area contributed by atoms with Crippen molar-refractivity contribution in [3.05, 3.63) is 81.4 Å². The minimum atomic E-state index is -4.51. The standard InChI is InChI=1S/C26H23ClF3NO3/c1-15-2-9-23(24(33)10-15)31-14-18-11-16(4-7-21(18)25(31)34)3-6-20(32)13-17-12-19(26(28,29)30)5-8-22(17)27/h4-5,7-8,11-12,23H,1-3,6,9-10,13-14H2. The first-order valence-electron chi connectivity index (χ1n) is 11.0. The fraction of sp³-hybridized carbons (Fsp3) is 0.346. The van der Waals surface area contributed by atoms with Crippen molar-refractivity contribution in [2.75, 3.05) is 0 Å². The number of rotatable bonds is 6. The van der Waals surface area contributed by atoms with Crippen LogP contribution in [0.5, 0.6) is 0 Å². The number of nitrogens with zero attached hydrogens (tertiary/aromatic N) is 1. The Morgan fingerprint density at radius 1 is 1.15 bits per heavy atom. The molecule has 4 nitrogen and oxygen atoms in total. The molecule has 1 unspecified atom stereocenters. The zero-order valence-corrected chi connectivity index (χ0v) is 19.1. The van der Waals surface area contributed by atoms with Crippen LogP contribution in [0.25, 0.3) is 0 Å². The molecule has 1 atom stereocenters. The van der Waals surface area contributed by atoms with Crippen LogP contribution in [0.3, 0.4) is 0 Å². The largest absolute Gasteiger partial charge is 0.416 e. The van der Waals surface area contributed by atoms with E-state index in [0.717, 1.165) is 41.3 Å². The molecular weight excluding hydrogens is 467 g/mol. The number of Topliss-reactive ketones (excluding diaryl/α,β-unsaturated/α-hetero) is 2. The van der Waals surface area contributed by atoms with Crippen molar-refractivity contribution in [2.45, 2.75) is 57.3 Å². The van der Waals surface area contributed by atoms with E-state index in [2.05, 4.69) is 6.58 Å². The Kier molecular flexibility index (Phi) is 6.67. The molecule has 8 heteroatoms. The van der Waals surface area contributed by atoms with Crippen molar-refractivity contribution in [3.63, 3.8) is 0 Å². The second kappa shape index (κ2) is 9.37. The molecule has 0 radical (unpaired) electrons. The van der Waals surface area contributed by atoms with Crippen LogP contribution in [0.15, 0.2) is 48.6 Å². The van der Waals surface area contributed by atoms with Gasteiger partial charge in [0.25, 0.3) is 5.91 Å². The lowest BCUT2D eigenvalue weighted by Gasteiger charge is -2.30. The zero-order chi connectivity index (χ0) is 24.6. The Labute approximate surface area is 200 Å². The third-order valence-electron chi connectivity index (χ3n) is 6.40. The lowest BCUT2D eigenvalue weighted by molar-refractivity contribution is -0.137. The first-order chi connectivity index (χ1) is 16.0. The van der Waals surface area contributed by atoms with E-state index in [0.29, 0.717) is 31.4 Å². The van der Waals surface area contributed by atoms with Gasteiger partial charge in [0.15, 0.2) is 5.78 Å². The Morgan fingerprint density at radius 2 is 1.91 bits per heavy atom. The van der Waals surface area contributed by atoms with Crippen molar-refractivity contribution in [3.8, 4) is 0 Å². The number of alkyl halides is 3. The summed E-state index contributed by atoms with van der Waals surface area (Å²) in [5.41, 5.74) is 2.42. The molecule has 1 heterocycles. The molecule has 0 spiro atoms. The summed E-state index contributed by atoms with van der Waals surface area (Å²) in [5.74, 6) is -0.383. The second-order valence-electron chi connectivity index (χ2n) is 8.89. The number of ketones is 2. The van der Waals surface area contributed by atoms with Gasteiger partial charge >= 0.3 is 6.18 Å². The Bertz CT molecular complexity index is 1190. The minimum Gasteiger partial charge on any atom is -0.324 e. The topological polar surface area (TPSA) is 54.5 Å². The molecule has 1 aliphatic heterocycles. The van der Waals surface area contributed by atoms with Crippen LogP contribution >= 0.6 is 11.6 Å². The molecule has 0 saturated heterocycles. The van der Waals surface area contributed by atoms with E-state index in [1.807, 2.05) is 6.07 Å². The summed E-state index contributed by atoms with van der Waals surface area (Å²) in [5, 5.41) is 0.123. The van der Waals surface area contributed by atoms with Crippen LogP contribution in [-0.2, 0) is 35.2 Å². The number of aryl methyl sites for hydroxylation is 1. The van der Waals surface area contributed by atoms with Gasteiger partial charge in [-0.2, -0.15) is 13.2 Å². The first-order valence-corrected chi connectivity index (χ1v) is 11.4. The monoisotopic (exact) mass is 489 g/mol. The summed E-state index contributed by atoms with van der Waals surface area (Å²) in [4.78, 5) is 39.3. The van der Waals surface area contributed by atoms with E-state index in [1.165, 1.54) is 0 Å². The SMILES string of the molecule is C=C1CCC(N2Cc3cc(CCC(=O)Cc4cc(C(F)(F)F)ccc4Cl)ccc3C2=O)C(=O)C1. The van der Waals surface area contributed by atoms with E-state index in [-0.39, 0.29) is 40.9 Å². The predicted octanol–water partition coefficient (Wildman–Crippen LogP) is 5.74. The maximum atomic E-state index is 13.0. The quantitative estimate of drug-likeness (QED) is 0.486. The predicted molar refractivity (Wildman–Crippen MR) is 122 cm³/mol. The van der Waals surface area contributed by atoms with Gasteiger partial charge in [0, 0.05) is 36.4 Å². The van der Waals surface area contributed by atoms with E-state index >= 15 is 0 Å². The molecule has 0 aromatic heterocycles. The average Bonchev–Trinajstić information content (AvgIpc) is 3.08. The number of hydrogen-bond acceptors (Lipinski definition) is 3. The molecule has 1 aliphatic carbocycles. The van der Waals surface area contributed by atoms with Gasteiger partial charge in [0.1, 0.15) is 5.78 Å². The molecule has 4 rings (SSSR count). The molecule has 0 N–H and O–H groups in total. The average molecular weight is 490 g/mol. The summed E-state index contributed by atoms with van der Waals surface area (Å²) in [6, 6.07) is 7.88. The van der Waals surface area contributed by atoms with Crippen LogP contribution in [0.4, 0.5) is 13.2 Å². The van der Waals surface area contributed by atoms with Gasteiger partial charge in [-0.1, -0.05) is 35.9 Å². The van der Waals surface area contributed by atoms with Crippen molar-refractivity contribution in [1.29, 1.82) is 0 Å². The summed E-state index contributed by atoms with van der Waals surface area (Å²) in [6.07, 6.45) is -2.57. The smallest absolute Gasteiger partial charge is 0.324 e. The zero-order valence-electron chi connectivity index (χ0n) is 18.4. The highest BCUT2D eigenvalue weighted by Crippen LogP contribution is 2.33. The fourth-order valence-corrected chi connectivity index (χ4v) is 4.74. The Balaban J connectivity index is 1.39. The number of allylic oxidation sites excluding steroid dienone is 1. The van der Waals surface area contributed by atoms with Gasteiger partial charge in [0.2, 0.25) is 0 Å². The summed E-state index contributed by atoms with van der Waals surface area (Å²) < 4.78 is 38.9. The molecule has 1 saturated carbocycles. The van der Waals surface area contributed by atoms with Gasteiger partial charge < -0.3 is 4.90 Å². The van der Waals surface area contributed by atoms with Crippen molar-refractivity contribution in [2.24, 2.45) is 0 Å². The second-order valence-corrected chi connectivity index (χ2v) is 9.30. The van der Waals surface area contributed by atoms with E-state index in [1.54, 1.807) is 17.0 Å². The summed E-state index contributed by atoms with van der Waals surface area (Å²) in [6.45, 7) is 4.21. The summed E-state index contributed by atoms with van der Waals surface area (Å²) in [7, 11) is 0. The van der Waals surface area contributed by atoms with Crippen molar-refractivity contribution >= 4 is 29.1 Å². The highest BCUT2D eigenvalue weighted by atomic mass is 35.5. The molecule has 1 amide bonds. The van der Waals surface area contributed by atoms with Crippen molar-refractivity contribution in [1.82, 2.24) is 4.90 Å². The fourth-order valence-electron chi connectivity index (χ4n) is 4.56. The van der Waals surface area contributed by atoms with E-state index in [9.17, 15) is 27.6 Å². The Hall–Kier alpha value is -2.93. The van der Waals surface area contributed by atoms with Gasteiger partial charge in [-0.25, -0.2) is 0 Å². The molecule has 2 aliphatic rings. The van der Waals surface area contributed by atoms with Crippen LogP contribution in [0, 0.1) is 0 Å². The summed E-state index contributed by atoms with van der Waals surface area (Å²) >= 11 is 6.00. The number of carbonyl (C=O) groups excluding carboxylic acids is 3. The molecule has 0 bridgehead atoms. The highest BCUT2D eigenvalue weighted by Gasteiger charge is 2.37. The van der Waals surface area contributed by atoms with Gasteiger partial charge in [-0.05, 0) is 60.2 Å². The van der Waals surface area contributed by atoms with Gasteiger partial charge in [-0.3, -0.25) is 14.4 Å². The van der Waals surface area contributed by atoms with Crippen LogP contribution < -0.4 is 0 Å². The molecule has 2 aromatic rings. The highest BCUT2D eigenvalue weighted by molar-refractivity contribution is 6.31. The van der Waals surface area contributed by atoms with E-state index in [4.69, 9.17) is 11.6 Å². The number of hydrogen-bond donors (Lipinski definition) is 0. The first kappa shape index (κ1) is 24.2. The molecule has 1 fully saturated rings. The molecule has 178 valence electrons. The van der Waals surface area contributed by atoms with Crippen LogP contribution in [0.2, 0.25) is 5.02 Å². The lowest BCUT2D eigenvalue weighted by atomic mass is 9.90. The number of fused-ring (bicyclic) bond motifs is 1. The van der Waals surface area contributed by atoms with Gasteiger partial charge in [-0.15, -0.1) is 0 Å². The van der Waals surface area contributed by atoms with E-state index < -0.39 is 17.8 Å². The third-order valence-corrected chi connectivity index (χ3v) is 6.77. The third kappa shape index (κ3) is 5.09. The van der Waals surface area contributed by atoms with Crippen LogP contribution in [0.1, 0.15) is 58.3 Å². The maximum Gasteiger partial charge on any atom is 0.416 e. The Morgan fingerprint density at radius 3 is 2.62 bits per heavy atom. The maximum absolute atomic E-state index is 13.0. The lowest BCUT2D eigenvalue weighted by Crippen LogP contribution is -2.43. The van der Waals surface area contributed by atoms with Gasteiger partial charge in [0.05, 0.1) is 11.6 Å². The molecule has 34 heavy (non-hydrogen) atoms. The number of benzene rings is 2. The molecular formula is C26H23ClF3NO3. The van der Waals surface area contributed by atoms with Crippen molar-refractivity contribution < 1.29 is 27.6 Å².